The molecule has 0 bridgehead atoms. The number of rotatable bonds is 7. The fraction of sp³-hybridized carbons (Fsp3) is 0.500. The topological polar surface area (TPSA) is 0 Å². The maximum atomic E-state index is 3.89. The van der Waals surface area contributed by atoms with E-state index in [1.165, 1.54) is 48.8 Å². The van der Waals surface area contributed by atoms with E-state index >= 15 is 0 Å². The predicted molar refractivity (Wildman–Crippen MR) is 73.8 cm³/mol. The summed E-state index contributed by atoms with van der Waals surface area (Å²) < 4.78 is 0. The van der Waals surface area contributed by atoms with Gasteiger partial charge in [0, 0.05) is 0 Å². The summed E-state index contributed by atoms with van der Waals surface area (Å²) in [5, 5.41) is 0. The molecular weight excluding hydrogens is 192 g/mol. The summed E-state index contributed by atoms with van der Waals surface area (Å²) in [4.78, 5) is 0. The highest BCUT2D eigenvalue weighted by Gasteiger charge is 2.03. The van der Waals surface area contributed by atoms with Crippen LogP contribution in [-0.4, -0.2) is 0 Å². The first-order valence-electron chi connectivity index (χ1n) is 6.56. The summed E-state index contributed by atoms with van der Waals surface area (Å²) in [5.74, 6) is 0. The fourth-order valence-electron chi connectivity index (χ4n) is 2.25. The van der Waals surface area contributed by atoms with Gasteiger partial charge in [-0.1, -0.05) is 64.0 Å². The molecule has 0 spiro atoms. The quantitative estimate of drug-likeness (QED) is 0.562. The van der Waals surface area contributed by atoms with Gasteiger partial charge < -0.3 is 0 Å². The lowest BCUT2D eigenvalue weighted by Gasteiger charge is -2.11. The Hall–Kier alpha value is -1.04. The molecule has 0 heterocycles. The van der Waals surface area contributed by atoms with E-state index in [1.54, 1.807) is 0 Å². The lowest BCUT2D eigenvalue weighted by molar-refractivity contribution is 0.664. The van der Waals surface area contributed by atoms with Gasteiger partial charge in [-0.2, -0.15) is 0 Å². The lowest BCUT2D eigenvalue weighted by atomic mass is 9.95. The number of hydrogen-bond donors (Lipinski definition) is 0. The molecule has 0 aliphatic heterocycles. The van der Waals surface area contributed by atoms with Crippen LogP contribution in [0.15, 0.2) is 24.8 Å². The first kappa shape index (κ1) is 13.0. The lowest BCUT2D eigenvalue weighted by Crippen LogP contribution is -1.96. The molecule has 0 saturated carbocycles. The van der Waals surface area contributed by atoms with Crippen molar-refractivity contribution in [2.45, 2.75) is 52.4 Å². The largest absolute Gasteiger partial charge is 0.0985 e. The molecule has 0 aliphatic carbocycles. The Morgan fingerprint density at radius 2 is 1.94 bits per heavy atom. The summed E-state index contributed by atoms with van der Waals surface area (Å²) in [5.41, 5.74) is 4.33. The molecule has 0 amide bonds. The van der Waals surface area contributed by atoms with Crippen LogP contribution >= 0.6 is 0 Å². The van der Waals surface area contributed by atoms with Crippen molar-refractivity contribution in [1.82, 2.24) is 0 Å². The summed E-state index contributed by atoms with van der Waals surface area (Å²) in [7, 11) is 0. The highest BCUT2D eigenvalue weighted by molar-refractivity contribution is 5.54. The van der Waals surface area contributed by atoms with Crippen molar-refractivity contribution in [3.8, 4) is 0 Å². The molecule has 0 unspecified atom stereocenters. The van der Waals surface area contributed by atoms with Crippen LogP contribution in [0.3, 0.4) is 0 Å². The zero-order valence-corrected chi connectivity index (χ0v) is 10.8. The van der Waals surface area contributed by atoms with Crippen LogP contribution in [-0.2, 0) is 12.8 Å². The molecule has 16 heavy (non-hydrogen) atoms. The second-order valence-electron chi connectivity index (χ2n) is 4.35. The molecule has 0 saturated heterocycles. The van der Waals surface area contributed by atoms with Gasteiger partial charge in [-0.3, -0.25) is 0 Å². The highest BCUT2D eigenvalue weighted by atomic mass is 14.1. The molecule has 0 nitrogen and oxygen atoms in total. The molecule has 0 heteroatoms. The van der Waals surface area contributed by atoms with Crippen LogP contribution in [0.4, 0.5) is 0 Å². The highest BCUT2D eigenvalue weighted by Crippen LogP contribution is 2.19. The Morgan fingerprint density at radius 3 is 2.56 bits per heavy atom. The van der Waals surface area contributed by atoms with Crippen LogP contribution in [0.5, 0.6) is 0 Å². The molecule has 0 fully saturated rings. The molecule has 0 aromatic heterocycles. The molecule has 0 N–H and O–H groups in total. The van der Waals surface area contributed by atoms with E-state index in [9.17, 15) is 0 Å². The minimum Gasteiger partial charge on any atom is -0.0985 e. The van der Waals surface area contributed by atoms with Gasteiger partial charge in [0.25, 0.3) is 0 Å². The Balaban J connectivity index is 2.67. The first-order chi connectivity index (χ1) is 7.83. The Kier molecular flexibility index (Phi) is 5.92. The van der Waals surface area contributed by atoms with Gasteiger partial charge in [0.15, 0.2) is 0 Å². The van der Waals surface area contributed by atoms with Crippen molar-refractivity contribution in [2.75, 3.05) is 0 Å². The zero-order valence-electron chi connectivity index (χ0n) is 10.8. The van der Waals surface area contributed by atoms with Gasteiger partial charge in [0.05, 0.1) is 0 Å². The predicted octanol–water partition coefficient (Wildman–Crippen LogP) is 5.01. The summed E-state index contributed by atoms with van der Waals surface area (Å²) in [6.45, 7) is 8.38. The monoisotopic (exact) mass is 216 g/mol. The summed E-state index contributed by atoms with van der Waals surface area (Å²) in [6.07, 6.45) is 9.68. The SMILES string of the molecule is C=Cc1cccc(CCCCCC)c1CC. The van der Waals surface area contributed by atoms with E-state index in [0.717, 1.165) is 6.42 Å². The molecule has 1 aromatic carbocycles. The number of benzene rings is 1. The third-order valence-corrected chi connectivity index (χ3v) is 3.18. The number of aryl methyl sites for hydroxylation is 1. The van der Waals surface area contributed by atoms with Crippen LogP contribution in [0.1, 0.15) is 56.2 Å². The first-order valence-corrected chi connectivity index (χ1v) is 6.56. The van der Waals surface area contributed by atoms with Gasteiger partial charge in [-0.25, -0.2) is 0 Å². The van der Waals surface area contributed by atoms with E-state index in [4.69, 9.17) is 0 Å². The third kappa shape index (κ3) is 3.52. The normalized spacial score (nSPS) is 10.4. The van der Waals surface area contributed by atoms with Crippen LogP contribution in [0.25, 0.3) is 6.08 Å². The Morgan fingerprint density at radius 1 is 1.12 bits per heavy atom. The van der Waals surface area contributed by atoms with E-state index in [1.807, 2.05) is 6.08 Å². The molecule has 1 aromatic rings. The van der Waals surface area contributed by atoms with E-state index in [0.29, 0.717) is 0 Å². The molecule has 0 aliphatic rings. The summed E-state index contributed by atoms with van der Waals surface area (Å²) >= 11 is 0. The molecule has 0 atom stereocenters. The fourth-order valence-corrected chi connectivity index (χ4v) is 2.25. The minimum absolute atomic E-state index is 1.12. The van der Waals surface area contributed by atoms with E-state index in [2.05, 4.69) is 38.6 Å². The van der Waals surface area contributed by atoms with Gasteiger partial charge >= 0.3 is 0 Å². The van der Waals surface area contributed by atoms with Crippen LogP contribution < -0.4 is 0 Å². The third-order valence-electron chi connectivity index (χ3n) is 3.18. The standard InChI is InChI=1S/C16H24/c1-4-7-8-9-11-15-13-10-12-14(5-2)16(15)6-3/h5,10,12-13H,2,4,6-9,11H2,1,3H3. The Bertz CT molecular complexity index is 323. The summed E-state index contributed by atoms with van der Waals surface area (Å²) in [6, 6.07) is 6.60. The second kappa shape index (κ2) is 7.27. The average Bonchev–Trinajstić information content (AvgIpc) is 2.34. The number of unbranched alkanes of at least 4 members (excludes halogenated alkanes) is 3. The van der Waals surface area contributed by atoms with Gasteiger partial charge in [0.2, 0.25) is 0 Å². The zero-order chi connectivity index (χ0) is 11.8. The van der Waals surface area contributed by atoms with Crippen LogP contribution in [0, 0.1) is 0 Å². The van der Waals surface area contributed by atoms with Crippen LogP contribution in [0.2, 0.25) is 0 Å². The van der Waals surface area contributed by atoms with E-state index < -0.39 is 0 Å². The van der Waals surface area contributed by atoms with Crippen molar-refractivity contribution >= 4 is 6.08 Å². The molecule has 0 radical (unpaired) electrons. The second-order valence-corrected chi connectivity index (χ2v) is 4.35. The van der Waals surface area contributed by atoms with Gasteiger partial charge in [-0.05, 0) is 36.0 Å². The number of hydrogen-bond acceptors (Lipinski definition) is 0. The maximum absolute atomic E-state index is 3.89. The molecule has 1 rings (SSSR count). The Labute approximate surface area is 100 Å². The van der Waals surface area contributed by atoms with Gasteiger partial charge in [-0.15, -0.1) is 0 Å². The average molecular weight is 216 g/mol. The van der Waals surface area contributed by atoms with Crippen molar-refractivity contribution in [3.05, 3.63) is 41.5 Å². The molecule has 88 valence electrons. The van der Waals surface area contributed by atoms with Gasteiger partial charge in [0.1, 0.15) is 0 Å². The minimum atomic E-state index is 1.12. The van der Waals surface area contributed by atoms with Crippen molar-refractivity contribution < 1.29 is 0 Å². The van der Waals surface area contributed by atoms with Crippen molar-refractivity contribution in [1.29, 1.82) is 0 Å². The van der Waals surface area contributed by atoms with E-state index in [-0.39, 0.29) is 0 Å². The smallest absolute Gasteiger partial charge is 0.0228 e. The maximum Gasteiger partial charge on any atom is -0.0228 e. The molecular formula is C16H24. The van der Waals surface area contributed by atoms with Crippen molar-refractivity contribution in [2.24, 2.45) is 0 Å². The van der Waals surface area contributed by atoms with Crippen molar-refractivity contribution in [3.63, 3.8) is 0 Å².